The van der Waals surface area contributed by atoms with E-state index in [0.29, 0.717) is 19.0 Å². The Bertz CT molecular complexity index is 148. The van der Waals surface area contributed by atoms with E-state index < -0.39 is 0 Å². The molecule has 0 bridgehead atoms. The van der Waals surface area contributed by atoms with Crippen LogP contribution in [0.4, 0.5) is 0 Å². The van der Waals surface area contributed by atoms with Gasteiger partial charge in [0.25, 0.3) is 0 Å². The highest BCUT2D eigenvalue weighted by molar-refractivity contribution is 5.81. The minimum Gasteiger partial charge on any atom is -0.395 e. The molecule has 0 saturated heterocycles. The Labute approximate surface area is 64.8 Å². The first-order valence-corrected chi connectivity index (χ1v) is 3.50. The number of hydrogen-bond donors (Lipinski definition) is 5. The summed E-state index contributed by atoms with van der Waals surface area (Å²) in [6.45, 7) is 1.23. The van der Waals surface area contributed by atoms with Gasteiger partial charge in [-0.3, -0.25) is 5.43 Å². The molecule has 1 aliphatic rings. The van der Waals surface area contributed by atoms with Gasteiger partial charge in [-0.25, -0.2) is 10.4 Å². The fourth-order valence-corrected chi connectivity index (χ4v) is 0.737. The van der Waals surface area contributed by atoms with E-state index in [1.165, 1.54) is 0 Å². The largest absolute Gasteiger partial charge is 0.395 e. The predicted molar refractivity (Wildman–Crippen MR) is 41.6 cm³/mol. The van der Waals surface area contributed by atoms with E-state index in [2.05, 4.69) is 21.2 Å². The van der Waals surface area contributed by atoms with Gasteiger partial charge in [0.2, 0.25) is 5.96 Å². The lowest BCUT2D eigenvalue weighted by atomic mass is 10.6. The highest BCUT2D eigenvalue weighted by atomic mass is 16.3. The predicted octanol–water partition coefficient (Wildman–Crippen LogP) is -2.68. The van der Waals surface area contributed by atoms with Crippen LogP contribution in [-0.4, -0.2) is 36.9 Å². The molecule has 1 aliphatic heterocycles. The molecule has 0 spiro atoms. The molecule has 0 amide bonds. The molecule has 0 saturated carbocycles. The van der Waals surface area contributed by atoms with Crippen molar-refractivity contribution in [3.8, 4) is 0 Å². The minimum absolute atomic E-state index is 0.0896. The maximum absolute atomic E-state index is 8.40. The van der Waals surface area contributed by atoms with Crippen LogP contribution in [0.5, 0.6) is 0 Å². The first-order valence-electron chi connectivity index (χ1n) is 3.50. The molecule has 11 heavy (non-hydrogen) atoms. The van der Waals surface area contributed by atoms with Crippen LogP contribution in [-0.2, 0) is 0 Å². The summed E-state index contributed by atoms with van der Waals surface area (Å²) in [4.78, 5) is 3.99. The smallest absolute Gasteiger partial charge is 0.207 e. The summed E-state index contributed by atoms with van der Waals surface area (Å²) in [5, 5.41) is 11.3. The number of hydrogen-bond acceptors (Lipinski definition) is 6. The van der Waals surface area contributed by atoms with E-state index in [-0.39, 0.29) is 12.8 Å². The molecule has 1 rings (SSSR count). The average molecular weight is 159 g/mol. The molecule has 0 radical (unpaired) electrons. The van der Waals surface area contributed by atoms with Crippen molar-refractivity contribution in [1.29, 1.82) is 0 Å². The van der Waals surface area contributed by atoms with Gasteiger partial charge in [0, 0.05) is 6.54 Å². The molecule has 0 fully saturated rings. The standard InChI is InChI=1S/C5H13N5O/c6-4-3-7-5(9-4)10-8-1-2-11/h4,8,11H,1-3,6H2,(H2,7,9,10). The fourth-order valence-electron chi connectivity index (χ4n) is 0.737. The molecule has 0 aliphatic carbocycles. The van der Waals surface area contributed by atoms with Crippen LogP contribution < -0.4 is 21.9 Å². The number of guanidine groups is 1. The van der Waals surface area contributed by atoms with Crippen LogP contribution in [0.2, 0.25) is 0 Å². The van der Waals surface area contributed by atoms with E-state index in [9.17, 15) is 0 Å². The van der Waals surface area contributed by atoms with Gasteiger partial charge in [-0.05, 0) is 0 Å². The number of aliphatic imine (C=N–C) groups is 1. The third kappa shape index (κ3) is 2.71. The topological polar surface area (TPSA) is 94.7 Å². The average Bonchev–Trinajstić information content (AvgIpc) is 2.37. The van der Waals surface area contributed by atoms with E-state index in [4.69, 9.17) is 10.8 Å². The SMILES string of the molecule is NC1CNC(NNCCO)=N1. The van der Waals surface area contributed by atoms with Crippen molar-refractivity contribution in [3.05, 3.63) is 0 Å². The van der Waals surface area contributed by atoms with Gasteiger partial charge < -0.3 is 16.2 Å². The molecular weight excluding hydrogens is 146 g/mol. The maximum Gasteiger partial charge on any atom is 0.207 e. The van der Waals surface area contributed by atoms with Gasteiger partial charge in [-0.2, -0.15) is 0 Å². The normalized spacial score (nSPS) is 22.7. The van der Waals surface area contributed by atoms with Crippen LogP contribution in [0.3, 0.4) is 0 Å². The second-order valence-electron chi connectivity index (χ2n) is 2.20. The monoisotopic (exact) mass is 159 g/mol. The number of aliphatic hydroxyl groups is 1. The van der Waals surface area contributed by atoms with Crippen LogP contribution in [0.1, 0.15) is 0 Å². The summed E-state index contributed by atoms with van der Waals surface area (Å²) < 4.78 is 0. The molecule has 6 heteroatoms. The van der Waals surface area contributed by atoms with Crippen molar-refractivity contribution in [2.24, 2.45) is 10.7 Å². The van der Waals surface area contributed by atoms with Gasteiger partial charge >= 0.3 is 0 Å². The zero-order valence-corrected chi connectivity index (χ0v) is 6.17. The van der Waals surface area contributed by atoms with Gasteiger partial charge in [0.15, 0.2) is 0 Å². The Morgan fingerprint density at radius 1 is 1.82 bits per heavy atom. The van der Waals surface area contributed by atoms with Crippen molar-refractivity contribution < 1.29 is 5.11 Å². The Morgan fingerprint density at radius 2 is 2.64 bits per heavy atom. The Balaban J connectivity index is 2.12. The number of aliphatic hydroxyl groups excluding tert-OH is 1. The molecule has 0 aromatic carbocycles. The summed E-state index contributed by atoms with van der Waals surface area (Å²) >= 11 is 0. The number of nitrogens with one attached hydrogen (secondary N) is 3. The highest BCUT2D eigenvalue weighted by Gasteiger charge is 2.10. The summed E-state index contributed by atoms with van der Waals surface area (Å²) in [5.74, 6) is 0.631. The van der Waals surface area contributed by atoms with Crippen LogP contribution in [0, 0.1) is 0 Å². The molecule has 0 aromatic rings. The highest BCUT2D eigenvalue weighted by Crippen LogP contribution is 1.86. The van der Waals surface area contributed by atoms with Crippen molar-refractivity contribution >= 4 is 5.96 Å². The maximum atomic E-state index is 8.40. The molecule has 6 nitrogen and oxygen atoms in total. The Kier molecular flexibility index (Phi) is 3.09. The van der Waals surface area contributed by atoms with Crippen LogP contribution in [0.25, 0.3) is 0 Å². The summed E-state index contributed by atoms with van der Waals surface area (Å²) in [5.41, 5.74) is 11.0. The molecule has 1 atom stereocenters. The van der Waals surface area contributed by atoms with Crippen molar-refractivity contribution in [1.82, 2.24) is 16.2 Å². The van der Waals surface area contributed by atoms with Gasteiger partial charge in [0.1, 0.15) is 6.17 Å². The zero-order valence-electron chi connectivity index (χ0n) is 6.17. The van der Waals surface area contributed by atoms with Crippen molar-refractivity contribution in [2.75, 3.05) is 19.7 Å². The lowest BCUT2D eigenvalue weighted by Gasteiger charge is -2.05. The molecule has 1 heterocycles. The molecule has 6 N–H and O–H groups in total. The van der Waals surface area contributed by atoms with E-state index >= 15 is 0 Å². The van der Waals surface area contributed by atoms with Gasteiger partial charge in [0.05, 0.1) is 13.2 Å². The molecule has 1 unspecified atom stereocenters. The quantitative estimate of drug-likeness (QED) is 0.228. The van der Waals surface area contributed by atoms with E-state index in [1.54, 1.807) is 0 Å². The van der Waals surface area contributed by atoms with Crippen molar-refractivity contribution in [2.45, 2.75) is 6.17 Å². The Hall–Kier alpha value is -0.850. The van der Waals surface area contributed by atoms with Crippen LogP contribution in [0.15, 0.2) is 4.99 Å². The number of hydrazine groups is 1. The lowest BCUT2D eigenvalue weighted by Crippen LogP contribution is -2.44. The first-order chi connectivity index (χ1) is 5.33. The van der Waals surface area contributed by atoms with Gasteiger partial charge in [-0.1, -0.05) is 0 Å². The third-order valence-electron chi connectivity index (χ3n) is 1.22. The summed E-state index contributed by atoms with van der Waals surface area (Å²) in [6.07, 6.45) is -0.159. The third-order valence-corrected chi connectivity index (χ3v) is 1.22. The second kappa shape index (κ2) is 4.12. The fraction of sp³-hybridized carbons (Fsp3) is 0.800. The summed E-state index contributed by atoms with van der Waals surface area (Å²) in [7, 11) is 0. The molecule has 0 aromatic heterocycles. The number of nitrogens with zero attached hydrogens (tertiary/aromatic N) is 1. The minimum atomic E-state index is -0.159. The Morgan fingerprint density at radius 3 is 3.18 bits per heavy atom. The molecular formula is C5H13N5O. The number of rotatable bonds is 3. The summed E-state index contributed by atoms with van der Waals surface area (Å²) in [6, 6.07) is 0. The number of nitrogens with two attached hydrogens (primary N) is 1. The van der Waals surface area contributed by atoms with Crippen molar-refractivity contribution in [3.63, 3.8) is 0 Å². The first kappa shape index (κ1) is 8.25. The zero-order chi connectivity index (χ0) is 8.10. The van der Waals surface area contributed by atoms with E-state index in [1.807, 2.05) is 0 Å². The lowest BCUT2D eigenvalue weighted by molar-refractivity contribution is 0.289. The van der Waals surface area contributed by atoms with E-state index in [0.717, 1.165) is 0 Å². The van der Waals surface area contributed by atoms with Gasteiger partial charge in [-0.15, -0.1) is 0 Å². The second-order valence-corrected chi connectivity index (χ2v) is 2.20. The van der Waals surface area contributed by atoms with Crippen LogP contribution >= 0.6 is 0 Å². The molecule has 64 valence electrons.